The van der Waals surface area contributed by atoms with Gasteiger partial charge in [-0.15, -0.1) is 0 Å². The Morgan fingerprint density at radius 2 is 2.31 bits per heavy atom. The number of aromatic nitrogens is 2. The highest BCUT2D eigenvalue weighted by atomic mass is 79.9. The third kappa shape index (κ3) is 1.26. The van der Waals surface area contributed by atoms with Gasteiger partial charge in [-0.2, -0.15) is 5.10 Å². The lowest BCUT2D eigenvalue weighted by Gasteiger charge is -2.39. The van der Waals surface area contributed by atoms with Crippen molar-refractivity contribution in [2.75, 3.05) is 7.05 Å². The molecule has 0 aromatic carbocycles. The highest BCUT2D eigenvalue weighted by Gasteiger charge is 2.48. The Morgan fingerprint density at radius 3 is 3.00 bits per heavy atom. The Hall–Kier alpha value is -0.610. The van der Waals surface area contributed by atoms with E-state index in [0.717, 1.165) is 10.9 Å². The third-order valence-electron chi connectivity index (χ3n) is 4.07. The van der Waals surface area contributed by atoms with Crippen LogP contribution in [0.2, 0.25) is 0 Å². The summed E-state index contributed by atoms with van der Waals surface area (Å²) >= 11 is 3.64. The quantitative estimate of drug-likeness (QED) is 0.738. The topological polar surface area (TPSA) is 21.1 Å². The minimum absolute atomic E-state index is 0.125. The second-order valence-corrected chi connectivity index (χ2v) is 5.73. The zero-order valence-electron chi connectivity index (χ0n) is 9.65. The van der Waals surface area contributed by atoms with Gasteiger partial charge in [0.2, 0.25) is 0 Å². The van der Waals surface area contributed by atoms with Crippen molar-refractivity contribution in [2.24, 2.45) is 7.05 Å². The van der Waals surface area contributed by atoms with Crippen LogP contribution in [0.1, 0.15) is 25.0 Å². The van der Waals surface area contributed by atoms with Crippen LogP contribution < -0.4 is 0 Å². The number of likely N-dealkylation sites (N-methyl/N-ethyl adjacent to an activating group) is 1. The van der Waals surface area contributed by atoms with Gasteiger partial charge in [0, 0.05) is 19.3 Å². The van der Waals surface area contributed by atoms with Gasteiger partial charge in [-0.25, -0.2) is 0 Å². The summed E-state index contributed by atoms with van der Waals surface area (Å²) in [5.41, 5.74) is 1.32. The van der Waals surface area contributed by atoms with Crippen LogP contribution in [-0.4, -0.2) is 27.8 Å². The minimum atomic E-state index is 0.125. The molecular formula is C12H16BrN3. The summed E-state index contributed by atoms with van der Waals surface area (Å²) in [5.74, 6) is 0. The van der Waals surface area contributed by atoms with Crippen LogP contribution in [0.3, 0.4) is 0 Å². The van der Waals surface area contributed by atoms with E-state index in [1.165, 1.54) is 18.5 Å². The molecule has 2 bridgehead atoms. The molecule has 0 spiro atoms. The Kier molecular flexibility index (Phi) is 2.27. The molecule has 0 aliphatic carbocycles. The van der Waals surface area contributed by atoms with Gasteiger partial charge in [-0.3, -0.25) is 9.58 Å². The van der Waals surface area contributed by atoms with Crippen LogP contribution in [0, 0.1) is 0 Å². The molecule has 3 rings (SSSR count). The Morgan fingerprint density at radius 1 is 1.50 bits per heavy atom. The standard InChI is InChI=1S/C12H16BrN3/c1-15-8-10(13)11(14-15)12-6-3-4-9(5-7-12)16(12)2/h3-4,8-9H,5-7H2,1-2H3. The summed E-state index contributed by atoms with van der Waals surface area (Å²) in [6.45, 7) is 0. The average Bonchev–Trinajstić information content (AvgIpc) is 2.64. The van der Waals surface area contributed by atoms with Crippen molar-refractivity contribution in [3.8, 4) is 0 Å². The van der Waals surface area contributed by atoms with Crippen LogP contribution in [0.15, 0.2) is 22.8 Å². The van der Waals surface area contributed by atoms with E-state index in [4.69, 9.17) is 0 Å². The molecule has 1 saturated heterocycles. The first-order valence-electron chi connectivity index (χ1n) is 5.73. The first-order valence-corrected chi connectivity index (χ1v) is 6.52. The molecule has 1 fully saturated rings. The lowest BCUT2D eigenvalue weighted by atomic mass is 9.88. The van der Waals surface area contributed by atoms with Gasteiger partial charge in [0.25, 0.3) is 0 Å². The van der Waals surface area contributed by atoms with Gasteiger partial charge in [-0.1, -0.05) is 12.2 Å². The van der Waals surface area contributed by atoms with E-state index >= 15 is 0 Å². The van der Waals surface area contributed by atoms with Crippen LogP contribution in [0.5, 0.6) is 0 Å². The molecular weight excluding hydrogens is 266 g/mol. The maximum atomic E-state index is 4.65. The number of aryl methyl sites for hydroxylation is 1. The molecule has 16 heavy (non-hydrogen) atoms. The van der Waals surface area contributed by atoms with Gasteiger partial charge >= 0.3 is 0 Å². The summed E-state index contributed by atoms with van der Waals surface area (Å²) in [6.07, 6.45) is 10.2. The summed E-state index contributed by atoms with van der Waals surface area (Å²) in [6, 6.07) is 0.600. The molecule has 2 unspecified atom stereocenters. The maximum Gasteiger partial charge on any atom is 0.0972 e. The molecule has 0 saturated carbocycles. The largest absolute Gasteiger partial charge is 0.288 e. The fourth-order valence-electron chi connectivity index (χ4n) is 3.12. The van der Waals surface area contributed by atoms with E-state index in [1.807, 2.05) is 17.9 Å². The van der Waals surface area contributed by atoms with E-state index in [9.17, 15) is 0 Å². The van der Waals surface area contributed by atoms with Crippen LogP contribution >= 0.6 is 15.9 Å². The van der Waals surface area contributed by atoms with Gasteiger partial charge < -0.3 is 0 Å². The second-order valence-electron chi connectivity index (χ2n) is 4.88. The van der Waals surface area contributed by atoms with E-state index in [1.54, 1.807) is 0 Å². The predicted octanol–water partition coefficient (Wildman–Crippen LogP) is 2.43. The minimum Gasteiger partial charge on any atom is -0.288 e. The Labute approximate surface area is 104 Å². The monoisotopic (exact) mass is 281 g/mol. The van der Waals surface area contributed by atoms with Crippen LogP contribution in [-0.2, 0) is 12.6 Å². The lowest BCUT2D eigenvalue weighted by Crippen LogP contribution is -2.44. The second kappa shape index (κ2) is 3.44. The smallest absolute Gasteiger partial charge is 0.0972 e. The molecule has 0 N–H and O–H groups in total. The molecule has 2 atom stereocenters. The fourth-order valence-corrected chi connectivity index (χ4v) is 3.87. The molecule has 2 aliphatic rings. The van der Waals surface area contributed by atoms with Crippen LogP contribution in [0.4, 0.5) is 0 Å². The van der Waals surface area contributed by atoms with E-state index in [-0.39, 0.29) is 5.54 Å². The molecule has 86 valence electrons. The van der Waals surface area contributed by atoms with Crippen molar-refractivity contribution in [2.45, 2.75) is 30.8 Å². The average molecular weight is 282 g/mol. The highest BCUT2D eigenvalue weighted by Crippen LogP contribution is 2.48. The van der Waals surface area contributed by atoms with Gasteiger partial charge in [0.15, 0.2) is 0 Å². The highest BCUT2D eigenvalue weighted by molar-refractivity contribution is 9.10. The van der Waals surface area contributed by atoms with Crippen molar-refractivity contribution in [3.63, 3.8) is 0 Å². The van der Waals surface area contributed by atoms with Crippen molar-refractivity contribution in [1.82, 2.24) is 14.7 Å². The summed E-state index contributed by atoms with van der Waals surface area (Å²) in [5, 5.41) is 4.65. The van der Waals surface area contributed by atoms with Gasteiger partial charge in [0.1, 0.15) is 0 Å². The summed E-state index contributed by atoms with van der Waals surface area (Å²) < 4.78 is 3.03. The Balaban J connectivity index is 2.11. The predicted molar refractivity (Wildman–Crippen MR) is 67.1 cm³/mol. The summed E-state index contributed by atoms with van der Waals surface area (Å²) in [7, 11) is 4.21. The van der Waals surface area contributed by atoms with Gasteiger partial charge in [0.05, 0.1) is 15.7 Å². The van der Waals surface area contributed by atoms with E-state index in [0.29, 0.717) is 6.04 Å². The normalized spacial score (nSPS) is 33.6. The lowest BCUT2D eigenvalue weighted by molar-refractivity contribution is 0.136. The van der Waals surface area contributed by atoms with Crippen LogP contribution in [0.25, 0.3) is 0 Å². The summed E-state index contributed by atoms with van der Waals surface area (Å²) in [4.78, 5) is 2.49. The Bertz CT molecular complexity index is 451. The number of halogens is 1. The SMILES string of the molecule is CN1C2C=CCC1(c1nn(C)cc1Br)CC2. The number of nitrogens with zero attached hydrogens (tertiary/aromatic N) is 3. The number of fused-ring (bicyclic) bond motifs is 2. The van der Waals surface area contributed by atoms with Crippen molar-refractivity contribution >= 4 is 15.9 Å². The molecule has 1 aromatic rings. The number of hydrogen-bond donors (Lipinski definition) is 0. The van der Waals surface area contributed by atoms with Crippen molar-refractivity contribution in [1.29, 1.82) is 0 Å². The van der Waals surface area contributed by atoms with Crippen molar-refractivity contribution < 1.29 is 0 Å². The first kappa shape index (κ1) is 10.5. The molecule has 4 heteroatoms. The zero-order chi connectivity index (χ0) is 11.3. The zero-order valence-corrected chi connectivity index (χ0v) is 11.2. The fraction of sp³-hybridized carbons (Fsp3) is 0.583. The molecule has 3 nitrogen and oxygen atoms in total. The van der Waals surface area contributed by atoms with E-state index < -0.39 is 0 Å². The van der Waals surface area contributed by atoms with Gasteiger partial charge in [-0.05, 0) is 42.2 Å². The number of hydrogen-bond acceptors (Lipinski definition) is 2. The first-order chi connectivity index (χ1) is 7.63. The van der Waals surface area contributed by atoms with E-state index in [2.05, 4.69) is 45.1 Å². The molecule has 3 heterocycles. The molecule has 1 aromatic heterocycles. The molecule has 2 aliphatic heterocycles. The third-order valence-corrected chi connectivity index (χ3v) is 4.65. The number of rotatable bonds is 1. The molecule has 0 radical (unpaired) electrons. The molecule has 0 amide bonds. The maximum absolute atomic E-state index is 4.65. The van der Waals surface area contributed by atoms with Crippen molar-refractivity contribution in [3.05, 3.63) is 28.5 Å².